The SMILES string of the molecule is Cc1nc(-c2ccccc2)ccc1C(=O)NC1(C(=O)O)CCCC1. The van der Waals surface area contributed by atoms with Crippen molar-refractivity contribution in [3.8, 4) is 11.3 Å². The minimum Gasteiger partial charge on any atom is -0.480 e. The number of hydrogen-bond acceptors (Lipinski definition) is 3. The molecule has 2 aromatic rings. The molecule has 24 heavy (non-hydrogen) atoms. The van der Waals surface area contributed by atoms with E-state index in [1.165, 1.54) is 0 Å². The van der Waals surface area contributed by atoms with Gasteiger partial charge in [-0.2, -0.15) is 0 Å². The summed E-state index contributed by atoms with van der Waals surface area (Å²) in [5, 5.41) is 12.2. The average Bonchev–Trinajstić information content (AvgIpc) is 3.05. The third kappa shape index (κ3) is 3.02. The highest BCUT2D eigenvalue weighted by molar-refractivity contribution is 5.99. The summed E-state index contributed by atoms with van der Waals surface area (Å²) in [7, 11) is 0. The molecule has 1 aromatic heterocycles. The second kappa shape index (κ2) is 6.43. The number of nitrogens with one attached hydrogen (secondary N) is 1. The molecule has 1 aliphatic rings. The molecule has 1 amide bonds. The van der Waals surface area contributed by atoms with Crippen molar-refractivity contribution in [2.75, 3.05) is 0 Å². The maximum Gasteiger partial charge on any atom is 0.329 e. The monoisotopic (exact) mass is 324 g/mol. The van der Waals surface area contributed by atoms with E-state index in [1.807, 2.05) is 30.3 Å². The van der Waals surface area contributed by atoms with Gasteiger partial charge in [0, 0.05) is 5.56 Å². The summed E-state index contributed by atoms with van der Waals surface area (Å²) in [5.41, 5.74) is 1.64. The van der Waals surface area contributed by atoms with E-state index in [0.717, 1.165) is 24.1 Å². The van der Waals surface area contributed by atoms with Crippen molar-refractivity contribution in [2.24, 2.45) is 0 Å². The number of aryl methyl sites for hydroxylation is 1. The lowest BCUT2D eigenvalue weighted by Crippen LogP contribution is -2.52. The lowest BCUT2D eigenvalue weighted by molar-refractivity contribution is -0.144. The third-order valence-electron chi connectivity index (χ3n) is 4.62. The van der Waals surface area contributed by atoms with Gasteiger partial charge in [-0.3, -0.25) is 9.78 Å². The molecule has 5 nitrogen and oxygen atoms in total. The summed E-state index contributed by atoms with van der Waals surface area (Å²) in [5.74, 6) is -1.33. The quantitative estimate of drug-likeness (QED) is 0.905. The molecule has 5 heteroatoms. The van der Waals surface area contributed by atoms with Crippen LogP contribution in [0.4, 0.5) is 0 Å². The van der Waals surface area contributed by atoms with Gasteiger partial charge in [-0.05, 0) is 31.9 Å². The Morgan fingerprint density at radius 2 is 1.75 bits per heavy atom. The number of carbonyl (C=O) groups is 2. The van der Waals surface area contributed by atoms with Gasteiger partial charge in [0.1, 0.15) is 5.54 Å². The van der Waals surface area contributed by atoms with Crippen LogP contribution in [0.5, 0.6) is 0 Å². The fourth-order valence-corrected chi connectivity index (χ4v) is 3.23. The van der Waals surface area contributed by atoms with Gasteiger partial charge in [0.05, 0.1) is 17.0 Å². The van der Waals surface area contributed by atoms with E-state index in [2.05, 4.69) is 10.3 Å². The second-order valence-electron chi connectivity index (χ2n) is 6.24. The van der Waals surface area contributed by atoms with Crippen molar-refractivity contribution in [2.45, 2.75) is 38.1 Å². The van der Waals surface area contributed by atoms with Crippen LogP contribution in [-0.2, 0) is 4.79 Å². The van der Waals surface area contributed by atoms with E-state index in [0.29, 0.717) is 24.1 Å². The van der Waals surface area contributed by atoms with E-state index < -0.39 is 11.5 Å². The van der Waals surface area contributed by atoms with Gasteiger partial charge < -0.3 is 10.4 Å². The van der Waals surface area contributed by atoms with Gasteiger partial charge in [0.2, 0.25) is 0 Å². The van der Waals surface area contributed by atoms with E-state index in [9.17, 15) is 14.7 Å². The number of rotatable bonds is 4. The summed E-state index contributed by atoms with van der Waals surface area (Å²) >= 11 is 0. The molecule has 1 aliphatic carbocycles. The fourth-order valence-electron chi connectivity index (χ4n) is 3.23. The van der Waals surface area contributed by atoms with Gasteiger partial charge >= 0.3 is 5.97 Å². The summed E-state index contributed by atoms with van der Waals surface area (Å²) in [4.78, 5) is 28.6. The summed E-state index contributed by atoms with van der Waals surface area (Å²) in [6.45, 7) is 1.77. The number of benzene rings is 1. The topological polar surface area (TPSA) is 79.3 Å². The van der Waals surface area contributed by atoms with Gasteiger partial charge in [-0.1, -0.05) is 43.2 Å². The highest BCUT2D eigenvalue weighted by Gasteiger charge is 2.42. The van der Waals surface area contributed by atoms with Crippen LogP contribution in [0.1, 0.15) is 41.7 Å². The Hall–Kier alpha value is -2.69. The van der Waals surface area contributed by atoms with Crippen LogP contribution in [0.15, 0.2) is 42.5 Å². The molecule has 0 radical (unpaired) electrons. The normalized spacial score (nSPS) is 15.9. The molecule has 0 atom stereocenters. The number of nitrogens with zero attached hydrogens (tertiary/aromatic N) is 1. The first kappa shape index (κ1) is 16.2. The zero-order chi connectivity index (χ0) is 17.2. The van der Waals surface area contributed by atoms with Crippen LogP contribution >= 0.6 is 0 Å². The molecular formula is C19H20N2O3. The van der Waals surface area contributed by atoms with Crippen LogP contribution in [0.2, 0.25) is 0 Å². The number of aromatic nitrogens is 1. The molecule has 1 fully saturated rings. The van der Waals surface area contributed by atoms with Crippen LogP contribution in [0.3, 0.4) is 0 Å². The highest BCUT2D eigenvalue weighted by atomic mass is 16.4. The Kier molecular flexibility index (Phi) is 4.34. The first-order valence-electron chi connectivity index (χ1n) is 8.11. The minimum absolute atomic E-state index is 0.371. The molecule has 0 spiro atoms. The molecule has 0 bridgehead atoms. The maximum atomic E-state index is 12.6. The molecule has 0 aliphatic heterocycles. The Bertz CT molecular complexity index is 765. The number of carboxylic acids is 1. The summed E-state index contributed by atoms with van der Waals surface area (Å²) in [6, 6.07) is 13.2. The maximum absolute atomic E-state index is 12.6. The van der Waals surface area contributed by atoms with E-state index >= 15 is 0 Å². The number of carbonyl (C=O) groups excluding carboxylic acids is 1. The summed E-state index contributed by atoms with van der Waals surface area (Å²) in [6.07, 6.45) is 2.58. The van der Waals surface area contributed by atoms with Crippen LogP contribution < -0.4 is 5.32 Å². The zero-order valence-corrected chi connectivity index (χ0v) is 13.6. The molecule has 1 saturated carbocycles. The van der Waals surface area contributed by atoms with E-state index in [-0.39, 0.29) is 5.91 Å². The van der Waals surface area contributed by atoms with Crippen molar-refractivity contribution < 1.29 is 14.7 Å². The van der Waals surface area contributed by atoms with Crippen molar-refractivity contribution in [3.05, 3.63) is 53.7 Å². The predicted octanol–water partition coefficient (Wildman–Crippen LogP) is 3.18. The largest absolute Gasteiger partial charge is 0.480 e. The van der Waals surface area contributed by atoms with Gasteiger partial charge in [0.25, 0.3) is 5.91 Å². The smallest absolute Gasteiger partial charge is 0.329 e. The Labute approximate surface area is 140 Å². The van der Waals surface area contributed by atoms with Crippen molar-refractivity contribution in [1.82, 2.24) is 10.3 Å². The average molecular weight is 324 g/mol. The molecule has 0 unspecified atom stereocenters. The number of amides is 1. The molecule has 124 valence electrons. The molecule has 1 heterocycles. The fraction of sp³-hybridized carbons (Fsp3) is 0.316. The Morgan fingerprint density at radius 1 is 1.08 bits per heavy atom. The highest BCUT2D eigenvalue weighted by Crippen LogP contribution is 2.30. The van der Waals surface area contributed by atoms with Crippen molar-refractivity contribution >= 4 is 11.9 Å². The van der Waals surface area contributed by atoms with Crippen LogP contribution in [0.25, 0.3) is 11.3 Å². The Morgan fingerprint density at radius 3 is 2.33 bits per heavy atom. The molecule has 1 aromatic carbocycles. The zero-order valence-electron chi connectivity index (χ0n) is 13.6. The molecule has 0 saturated heterocycles. The van der Waals surface area contributed by atoms with Crippen LogP contribution in [-0.4, -0.2) is 27.5 Å². The standard InChI is InChI=1S/C19H20N2O3/c1-13-15(9-10-16(20-13)14-7-3-2-4-8-14)17(22)21-19(18(23)24)11-5-6-12-19/h2-4,7-10H,5-6,11-12H2,1H3,(H,21,22)(H,23,24). The lowest BCUT2D eigenvalue weighted by atomic mass is 9.97. The predicted molar refractivity (Wildman–Crippen MR) is 90.7 cm³/mol. The van der Waals surface area contributed by atoms with E-state index in [1.54, 1.807) is 19.1 Å². The first-order chi connectivity index (χ1) is 11.5. The number of hydrogen-bond donors (Lipinski definition) is 2. The summed E-state index contributed by atoms with van der Waals surface area (Å²) < 4.78 is 0. The van der Waals surface area contributed by atoms with Gasteiger partial charge in [-0.25, -0.2) is 4.79 Å². The lowest BCUT2D eigenvalue weighted by Gasteiger charge is -2.25. The molecule has 2 N–H and O–H groups in total. The third-order valence-corrected chi connectivity index (χ3v) is 4.62. The van der Waals surface area contributed by atoms with Crippen LogP contribution in [0, 0.1) is 6.92 Å². The molecule has 3 rings (SSSR count). The van der Waals surface area contributed by atoms with Crippen molar-refractivity contribution in [3.63, 3.8) is 0 Å². The van der Waals surface area contributed by atoms with Gasteiger partial charge in [0.15, 0.2) is 0 Å². The Balaban J connectivity index is 1.84. The van der Waals surface area contributed by atoms with Crippen molar-refractivity contribution in [1.29, 1.82) is 0 Å². The number of pyridine rings is 1. The number of carboxylic acid groups (broad SMARTS) is 1. The molecular weight excluding hydrogens is 304 g/mol. The number of aliphatic carboxylic acids is 1. The minimum atomic E-state index is -1.14. The first-order valence-corrected chi connectivity index (χ1v) is 8.11. The second-order valence-corrected chi connectivity index (χ2v) is 6.24. The van der Waals surface area contributed by atoms with Gasteiger partial charge in [-0.15, -0.1) is 0 Å². The van der Waals surface area contributed by atoms with E-state index in [4.69, 9.17) is 0 Å².